The first-order chi connectivity index (χ1) is 8.93. The number of aryl methyl sites for hydroxylation is 1. The fourth-order valence-electron chi connectivity index (χ4n) is 1.50. The van der Waals surface area contributed by atoms with Gasteiger partial charge in [0.05, 0.1) is 12.8 Å². The minimum Gasteiger partial charge on any atom is -0.495 e. The third kappa shape index (κ3) is 1.84. The third-order valence-electron chi connectivity index (χ3n) is 2.26. The van der Waals surface area contributed by atoms with Crippen LogP contribution in [0.5, 0.6) is 5.75 Å². The molecular formula is C13H13NO2. The minimum absolute atomic E-state index is 0.109. The quantitative estimate of drug-likeness (QED) is 0.773. The maximum Gasteiger partial charge on any atom is 0.255 e. The summed E-state index contributed by atoms with van der Waals surface area (Å²) in [4.78, 5) is 11.9. The van der Waals surface area contributed by atoms with Crippen LogP contribution in [-0.2, 0) is 0 Å². The van der Waals surface area contributed by atoms with Gasteiger partial charge in [0.1, 0.15) is 5.75 Å². The molecule has 0 aliphatic rings. The van der Waals surface area contributed by atoms with E-state index in [0.717, 1.165) is 0 Å². The Labute approximate surface area is 98.1 Å². The highest BCUT2D eigenvalue weighted by Crippen LogP contribution is 2.20. The molecule has 0 atom stereocenters. The molecule has 0 aliphatic heterocycles. The van der Waals surface area contributed by atoms with Gasteiger partial charge >= 0.3 is 0 Å². The van der Waals surface area contributed by atoms with Gasteiger partial charge in [0.25, 0.3) is 5.56 Å². The van der Waals surface area contributed by atoms with Gasteiger partial charge < -0.3 is 4.74 Å². The summed E-state index contributed by atoms with van der Waals surface area (Å²) in [5.41, 5.74) is 0.316. The summed E-state index contributed by atoms with van der Waals surface area (Å²) >= 11 is 0. The van der Waals surface area contributed by atoms with Crippen molar-refractivity contribution < 1.29 is 8.85 Å². The summed E-state index contributed by atoms with van der Waals surface area (Å²) in [7, 11) is 1.50. The number of rotatable bonds is 2. The Kier molecular flexibility index (Phi) is 1.92. The van der Waals surface area contributed by atoms with Crippen LogP contribution in [0.1, 0.15) is 9.68 Å². The average Bonchev–Trinajstić information content (AvgIpc) is 2.38. The molecule has 0 amide bonds. The van der Waals surface area contributed by atoms with Crippen LogP contribution >= 0.6 is 0 Å². The SMILES string of the molecule is [2H]C([2H])([2H])c1ccc(=O)n(-c2ccccc2OC)c1. The second kappa shape index (κ2) is 4.23. The van der Waals surface area contributed by atoms with Gasteiger partial charge in [0.2, 0.25) is 0 Å². The molecule has 0 spiro atoms. The number of hydrogen-bond acceptors (Lipinski definition) is 2. The first kappa shape index (κ1) is 7.28. The molecule has 82 valence electrons. The molecule has 0 N–H and O–H groups in total. The van der Waals surface area contributed by atoms with Crippen molar-refractivity contribution in [2.75, 3.05) is 7.11 Å². The molecule has 3 nitrogen and oxygen atoms in total. The Morgan fingerprint density at radius 1 is 1.25 bits per heavy atom. The van der Waals surface area contributed by atoms with Crippen LogP contribution in [0.15, 0.2) is 47.4 Å². The molecule has 16 heavy (non-hydrogen) atoms. The molecule has 2 aromatic rings. The number of pyridine rings is 1. The number of nitrogens with zero attached hydrogens (tertiary/aromatic N) is 1. The van der Waals surface area contributed by atoms with E-state index >= 15 is 0 Å². The van der Waals surface area contributed by atoms with E-state index in [9.17, 15) is 4.79 Å². The predicted octanol–water partition coefficient (Wildman–Crippen LogP) is 2.15. The molecule has 1 aromatic carbocycles. The Morgan fingerprint density at radius 2 is 2.06 bits per heavy atom. The lowest BCUT2D eigenvalue weighted by atomic mass is 10.2. The summed E-state index contributed by atoms with van der Waals surface area (Å²) in [6.45, 7) is -2.25. The van der Waals surface area contributed by atoms with Gasteiger partial charge in [-0.25, -0.2) is 0 Å². The lowest BCUT2D eigenvalue weighted by Gasteiger charge is -2.10. The fraction of sp³-hybridized carbons (Fsp3) is 0.154. The predicted molar refractivity (Wildman–Crippen MR) is 63.3 cm³/mol. The van der Waals surface area contributed by atoms with E-state index in [1.165, 1.54) is 30.0 Å². The van der Waals surface area contributed by atoms with E-state index < -0.39 is 6.85 Å². The van der Waals surface area contributed by atoms with Crippen LogP contribution in [0.4, 0.5) is 0 Å². The summed E-state index contributed by atoms with van der Waals surface area (Å²) in [5.74, 6) is 0.507. The molecular weight excluding hydrogens is 202 g/mol. The van der Waals surface area contributed by atoms with Crippen molar-refractivity contribution in [1.82, 2.24) is 4.57 Å². The summed E-state index contributed by atoms with van der Waals surface area (Å²) in [5, 5.41) is 0. The topological polar surface area (TPSA) is 31.2 Å². The van der Waals surface area contributed by atoms with E-state index in [1.807, 2.05) is 0 Å². The van der Waals surface area contributed by atoms with Gasteiger partial charge in [-0.15, -0.1) is 0 Å². The van der Waals surface area contributed by atoms with E-state index in [1.54, 1.807) is 24.3 Å². The second-order valence-corrected chi connectivity index (χ2v) is 3.30. The van der Waals surface area contributed by atoms with Gasteiger partial charge in [0.15, 0.2) is 0 Å². The molecule has 0 aliphatic carbocycles. The Morgan fingerprint density at radius 3 is 2.81 bits per heavy atom. The Hall–Kier alpha value is -2.03. The minimum atomic E-state index is -2.25. The third-order valence-corrected chi connectivity index (χ3v) is 2.26. The van der Waals surface area contributed by atoms with Crippen molar-refractivity contribution in [2.24, 2.45) is 0 Å². The molecule has 2 rings (SSSR count). The number of methoxy groups -OCH3 is 1. The monoisotopic (exact) mass is 218 g/mol. The van der Waals surface area contributed by atoms with Crippen molar-refractivity contribution in [2.45, 2.75) is 6.85 Å². The van der Waals surface area contributed by atoms with Crippen molar-refractivity contribution in [3.05, 3.63) is 58.5 Å². The van der Waals surface area contributed by atoms with Gasteiger partial charge in [-0.3, -0.25) is 9.36 Å². The number of para-hydroxylation sites is 2. The first-order valence-corrected chi connectivity index (χ1v) is 4.80. The lowest BCUT2D eigenvalue weighted by molar-refractivity contribution is 0.412. The highest BCUT2D eigenvalue weighted by atomic mass is 16.5. The molecule has 0 saturated carbocycles. The van der Waals surface area contributed by atoms with Crippen molar-refractivity contribution in [1.29, 1.82) is 0 Å². The van der Waals surface area contributed by atoms with Crippen LogP contribution in [0.3, 0.4) is 0 Å². The van der Waals surface area contributed by atoms with Crippen molar-refractivity contribution in [3.63, 3.8) is 0 Å². The van der Waals surface area contributed by atoms with E-state index in [4.69, 9.17) is 8.85 Å². The highest BCUT2D eigenvalue weighted by Gasteiger charge is 2.05. The number of benzene rings is 1. The summed E-state index contributed by atoms with van der Waals surface area (Å²) in [6, 6.07) is 9.51. The number of hydrogen-bond donors (Lipinski definition) is 0. The molecule has 0 unspecified atom stereocenters. The molecule has 0 fully saturated rings. The molecule has 1 aromatic heterocycles. The molecule has 0 saturated heterocycles. The van der Waals surface area contributed by atoms with Crippen LogP contribution < -0.4 is 10.3 Å². The lowest BCUT2D eigenvalue weighted by Crippen LogP contribution is -2.17. The molecule has 3 heteroatoms. The zero-order chi connectivity index (χ0) is 14.0. The number of aromatic nitrogens is 1. The fourth-order valence-corrected chi connectivity index (χ4v) is 1.50. The van der Waals surface area contributed by atoms with Gasteiger partial charge in [0, 0.05) is 16.4 Å². The normalized spacial score (nSPS) is 13.7. The van der Waals surface area contributed by atoms with Gasteiger partial charge in [-0.05, 0) is 24.5 Å². The van der Waals surface area contributed by atoms with Crippen LogP contribution in [0.25, 0.3) is 5.69 Å². The van der Waals surface area contributed by atoms with Crippen molar-refractivity contribution >= 4 is 0 Å². The second-order valence-electron chi connectivity index (χ2n) is 3.30. The van der Waals surface area contributed by atoms with E-state index in [0.29, 0.717) is 11.4 Å². The molecule has 0 bridgehead atoms. The molecule has 0 radical (unpaired) electrons. The summed E-state index contributed by atoms with van der Waals surface area (Å²) in [6.07, 6.45) is 1.33. The van der Waals surface area contributed by atoms with E-state index in [2.05, 4.69) is 0 Å². The Balaban J connectivity index is 2.65. The number of ether oxygens (including phenoxy) is 1. The highest BCUT2D eigenvalue weighted by molar-refractivity contribution is 5.46. The van der Waals surface area contributed by atoms with Gasteiger partial charge in [-0.1, -0.05) is 18.2 Å². The van der Waals surface area contributed by atoms with Gasteiger partial charge in [-0.2, -0.15) is 0 Å². The first-order valence-electron chi connectivity index (χ1n) is 6.30. The van der Waals surface area contributed by atoms with Crippen molar-refractivity contribution in [3.8, 4) is 11.4 Å². The van der Waals surface area contributed by atoms with Crippen LogP contribution in [0, 0.1) is 6.85 Å². The zero-order valence-electron chi connectivity index (χ0n) is 11.8. The zero-order valence-corrected chi connectivity index (χ0v) is 8.81. The largest absolute Gasteiger partial charge is 0.495 e. The van der Waals surface area contributed by atoms with E-state index in [-0.39, 0.29) is 11.1 Å². The maximum atomic E-state index is 11.9. The standard InChI is InChI=1S/C13H13NO2/c1-10-7-8-13(15)14(9-10)11-5-3-4-6-12(11)16-2/h3-9H,1-2H3/i1D3. The maximum absolute atomic E-state index is 11.9. The Bertz CT molecular complexity index is 647. The van der Waals surface area contributed by atoms with Crippen LogP contribution in [-0.4, -0.2) is 11.7 Å². The van der Waals surface area contributed by atoms with Crippen LogP contribution in [0.2, 0.25) is 0 Å². The molecule has 1 heterocycles. The summed E-state index contributed by atoms with van der Waals surface area (Å²) < 4.78 is 28.6. The average molecular weight is 218 g/mol. The smallest absolute Gasteiger partial charge is 0.255 e.